The van der Waals surface area contributed by atoms with Gasteiger partial charge in [0.05, 0.1) is 0 Å². The molecule has 8 nitrogen and oxygen atoms in total. The Bertz CT molecular complexity index is 1120. The van der Waals surface area contributed by atoms with Crippen LogP contribution in [0, 0.1) is 6.92 Å². The number of phenolic OH excluding ortho intramolecular Hbond substituents is 1. The number of phenols is 1. The molecule has 0 spiro atoms. The maximum atomic E-state index is 14.4. The first-order valence-electron chi connectivity index (χ1n) is 13.3. The van der Waals surface area contributed by atoms with Crippen LogP contribution in [0.5, 0.6) is 5.75 Å². The minimum atomic E-state index is -0.944. The highest BCUT2D eigenvalue weighted by molar-refractivity contribution is 5.92. The van der Waals surface area contributed by atoms with E-state index >= 15 is 0 Å². The molecule has 0 aliphatic heterocycles. The smallest absolute Gasteiger partial charge is 0.408 e. The second-order valence-electron chi connectivity index (χ2n) is 11.3. The predicted octanol–water partition coefficient (Wildman–Crippen LogP) is 4.78. The van der Waals surface area contributed by atoms with Gasteiger partial charge in [-0.15, -0.1) is 0 Å². The lowest BCUT2D eigenvalue weighted by Gasteiger charge is -2.44. The number of aryl methyl sites for hydroxylation is 1. The molecule has 0 radical (unpaired) electrons. The van der Waals surface area contributed by atoms with Crippen molar-refractivity contribution in [1.82, 2.24) is 15.5 Å². The van der Waals surface area contributed by atoms with Crippen LogP contribution in [0.4, 0.5) is 4.79 Å². The molecule has 1 fully saturated rings. The number of rotatable bonds is 9. The number of alkyl carbamates (subject to hydrolysis) is 1. The standard InChI is InChI=1S/C30H41N3O5/c1-19(2)31-27(35)26(22-15-16-25(34)20(3)17-22)33(23-13-10-14-23)28(36)24(18-21-11-8-7-9-12-21)32-29(37)38-30(4,5)6/h7-9,11-12,15-17,19,23-24,26,34H,10,13-14,18H2,1-6H3,(H,31,35)(H,32,37). The van der Waals surface area contributed by atoms with Gasteiger partial charge in [-0.3, -0.25) is 9.59 Å². The SMILES string of the molecule is Cc1cc(C(C(=O)NC(C)C)N(C(=O)C(Cc2ccccc2)NC(=O)OC(C)(C)C)C2CCC2)ccc1O. The lowest BCUT2D eigenvalue weighted by Crippen LogP contribution is -2.58. The molecule has 3 rings (SSSR count). The molecular weight excluding hydrogens is 482 g/mol. The summed E-state index contributed by atoms with van der Waals surface area (Å²) in [6.07, 6.45) is 2.03. The van der Waals surface area contributed by atoms with E-state index in [1.165, 1.54) is 0 Å². The summed E-state index contributed by atoms with van der Waals surface area (Å²) in [5.74, 6) is -0.535. The highest BCUT2D eigenvalue weighted by Crippen LogP contribution is 2.35. The molecule has 2 aromatic carbocycles. The van der Waals surface area contributed by atoms with Gasteiger partial charge >= 0.3 is 6.09 Å². The van der Waals surface area contributed by atoms with Crippen LogP contribution in [0.25, 0.3) is 0 Å². The summed E-state index contributed by atoms with van der Waals surface area (Å²) in [6.45, 7) is 10.8. The third kappa shape index (κ3) is 7.73. The number of ether oxygens (including phenoxy) is 1. The Morgan fingerprint density at radius 3 is 2.24 bits per heavy atom. The van der Waals surface area contributed by atoms with E-state index in [2.05, 4.69) is 10.6 Å². The van der Waals surface area contributed by atoms with Crippen molar-refractivity contribution in [1.29, 1.82) is 0 Å². The topological polar surface area (TPSA) is 108 Å². The van der Waals surface area contributed by atoms with Crippen LogP contribution in [-0.2, 0) is 20.7 Å². The Balaban J connectivity index is 2.05. The van der Waals surface area contributed by atoms with Crippen molar-refractivity contribution in [3.8, 4) is 5.75 Å². The van der Waals surface area contributed by atoms with Gasteiger partial charge < -0.3 is 25.4 Å². The monoisotopic (exact) mass is 523 g/mol. The maximum absolute atomic E-state index is 14.4. The molecule has 1 saturated carbocycles. The van der Waals surface area contributed by atoms with Crippen molar-refractivity contribution in [3.63, 3.8) is 0 Å². The molecule has 1 aliphatic carbocycles. The summed E-state index contributed by atoms with van der Waals surface area (Å²) in [4.78, 5) is 42.5. The van der Waals surface area contributed by atoms with E-state index in [1.54, 1.807) is 50.8 Å². The summed E-state index contributed by atoms with van der Waals surface area (Å²) in [7, 11) is 0. The fourth-order valence-electron chi connectivity index (χ4n) is 4.51. The van der Waals surface area contributed by atoms with Gasteiger partial charge in [0.15, 0.2) is 0 Å². The van der Waals surface area contributed by atoms with Crippen molar-refractivity contribution in [2.45, 2.75) is 97.0 Å². The molecule has 38 heavy (non-hydrogen) atoms. The van der Waals surface area contributed by atoms with Gasteiger partial charge in [-0.25, -0.2) is 4.79 Å². The highest BCUT2D eigenvalue weighted by atomic mass is 16.6. The summed E-state index contributed by atoms with van der Waals surface area (Å²) in [6, 6.07) is 12.3. The quantitative estimate of drug-likeness (QED) is 0.438. The third-order valence-electron chi connectivity index (χ3n) is 6.49. The highest BCUT2D eigenvalue weighted by Gasteiger charge is 2.42. The molecule has 2 unspecified atom stereocenters. The van der Waals surface area contributed by atoms with E-state index in [9.17, 15) is 19.5 Å². The van der Waals surface area contributed by atoms with E-state index < -0.39 is 23.8 Å². The molecule has 2 aromatic rings. The van der Waals surface area contributed by atoms with E-state index in [1.807, 2.05) is 44.2 Å². The molecule has 8 heteroatoms. The first-order chi connectivity index (χ1) is 17.9. The number of amides is 3. The Hall–Kier alpha value is -3.55. The Kier molecular flexibility index (Phi) is 9.41. The third-order valence-corrected chi connectivity index (χ3v) is 6.49. The van der Waals surface area contributed by atoms with Crippen molar-refractivity contribution >= 4 is 17.9 Å². The first kappa shape index (κ1) is 29.0. The van der Waals surface area contributed by atoms with Crippen LogP contribution in [0.3, 0.4) is 0 Å². The molecule has 1 aliphatic rings. The zero-order valence-electron chi connectivity index (χ0n) is 23.3. The number of nitrogens with zero attached hydrogens (tertiary/aromatic N) is 1. The summed E-state index contributed by atoms with van der Waals surface area (Å²) in [5.41, 5.74) is 1.36. The van der Waals surface area contributed by atoms with Gasteiger partial charge in [0, 0.05) is 18.5 Å². The molecule has 0 aromatic heterocycles. The average molecular weight is 524 g/mol. The van der Waals surface area contributed by atoms with Crippen LogP contribution in [0.1, 0.15) is 76.6 Å². The van der Waals surface area contributed by atoms with Gasteiger partial charge in [-0.05, 0) is 89.6 Å². The van der Waals surface area contributed by atoms with Crippen molar-refractivity contribution in [2.75, 3.05) is 0 Å². The summed E-state index contributed by atoms with van der Waals surface area (Å²) < 4.78 is 5.48. The van der Waals surface area contributed by atoms with Crippen LogP contribution < -0.4 is 10.6 Å². The Morgan fingerprint density at radius 2 is 1.71 bits per heavy atom. The van der Waals surface area contributed by atoms with E-state index in [4.69, 9.17) is 4.74 Å². The van der Waals surface area contributed by atoms with Gasteiger partial charge in [-0.2, -0.15) is 0 Å². The molecule has 0 bridgehead atoms. The molecule has 2 atom stereocenters. The number of carbonyl (C=O) groups excluding carboxylic acids is 3. The van der Waals surface area contributed by atoms with E-state index in [0.717, 1.165) is 24.8 Å². The number of benzene rings is 2. The minimum Gasteiger partial charge on any atom is -0.508 e. The van der Waals surface area contributed by atoms with Crippen molar-refractivity contribution < 1.29 is 24.2 Å². The number of hydrogen-bond acceptors (Lipinski definition) is 5. The maximum Gasteiger partial charge on any atom is 0.408 e. The number of aromatic hydroxyl groups is 1. The Labute approximate surface area is 225 Å². The second kappa shape index (κ2) is 12.3. The largest absolute Gasteiger partial charge is 0.508 e. The molecule has 0 saturated heterocycles. The molecule has 0 heterocycles. The van der Waals surface area contributed by atoms with Gasteiger partial charge in [0.1, 0.15) is 23.4 Å². The summed E-state index contributed by atoms with van der Waals surface area (Å²) >= 11 is 0. The van der Waals surface area contributed by atoms with Gasteiger partial charge in [0.2, 0.25) is 11.8 Å². The molecule has 3 amide bonds. The lowest BCUT2D eigenvalue weighted by atomic mass is 9.87. The van der Waals surface area contributed by atoms with Crippen LogP contribution in [0.2, 0.25) is 0 Å². The fourth-order valence-corrected chi connectivity index (χ4v) is 4.51. The molecule has 3 N–H and O–H groups in total. The number of carbonyl (C=O) groups is 3. The first-order valence-corrected chi connectivity index (χ1v) is 13.3. The lowest BCUT2D eigenvalue weighted by molar-refractivity contribution is -0.147. The zero-order chi connectivity index (χ0) is 28.0. The molecule has 206 valence electrons. The van der Waals surface area contributed by atoms with Crippen molar-refractivity contribution in [3.05, 3.63) is 65.2 Å². The van der Waals surface area contributed by atoms with Crippen LogP contribution >= 0.6 is 0 Å². The number of nitrogens with one attached hydrogen (secondary N) is 2. The van der Waals surface area contributed by atoms with Crippen molar-refractivity contribution in [2.24, 2.45) is 0 Å². The molecular formula is C30H41N3O5. The van der Waals surface area contributed by atoms with E-state index in [-0.39, 0.29) is 36.1 Å². The normalized spacial score (nSPS) is 15.2. The second-order valence-corrected chi connectivity index (χ2v) is 11.3. The van der Waals surface area contributed by atoms with Crippen LogP contribution in [-0.4, -0.2) is 51.6 Å². The number of hydrogen-bond donors (Lipinski definition) is 3. The minimum absolute atomic E-state index is 0.117. The van der Waals surface area contributed by atoms with Gasteiger partial charge in [-0.1, -0.05) is 36.4 Å². The predicted molar refractivity (Wildman–Crippen MR) is 147 cm³/mol. The average Bonchev–Trinajstić information content (AvgIpc) is 2.78. The van der Waals surface area contributed by atoms with Gasteiger partial charge in [0.25, 0.3) is 0 Å². The van der Waals surface area contributed by atoms with Crippen LogP contribution in [0.15, 0.2) is 48.5 Å². The van der Waals surface area contributed by atoms with E-state index in [0.29, 0.717) is 11.1 Å². The Morgan fingerprint density at radius 1 is 1.05 bits per heavy atom. The summed E-state index contributed by atoms with van der Waals surface area (Å²) in [5, 5.41) is 15.9. The fraction of sp³-hybridized carbons (Fsp3) is 0.500. The zero-order valence-corrected chi connectivity index (χ0v) is 23.3.